The summed E-state index contributed by atoms with van der Waals surface area (Å²) in [5.41, 5.74) is 0.617. The Hall–Kier alpha value is -1.13. The molecule has 0 saturated heterocycles. The molecule has 1 rings (SSSR count). The number of hydrogen-bond acceptors (Lipinski definition) is 3. The van der Waals surface area contributed by atoms with Crippen molar-refractivity contribution in [2.24, 2.45) is 5.92 Å². The lowest BCUT2D eigenvalue weighted by atomic mass is 10.1. The summed E-state index contributed by atoms with van der Waals surface area (Å²) in [5, 5.41) is 9.72. The number of ether oxygens (including phenoxy) is 1. The van der Waals surface area contributed by atoms with Gasteiger partial charge in [-0.1, -0.05) is 13.8 Å². The van der Waals surface area contributed by atoms with Crippen LogP contribution in [0.1, 0.15) is 19.4 Å². The summed E-state index contributed by atoms with van der Waals surface area (Å²) in [4.78, 5) is 2.16. The fourth-order valence-corrected chi connectivity index (χ4v) is 1.89. The lowest BCUT2D eigenvalue weighted by Crippen LogP contribution is -2.30. The fourth-order valence-electron chi connectivity index (χ4n) is 1.89. The zero-order valence-electron chi connectivity index (χ0n) is 11.3. The second kappa shape index (κ2) is 7.34. The van der Waals surface area contributed by atoms with E-state index in [1.807, 2.05) is 0 Å². The Morgan fingerprint density at radius 1 is 1.39 bits per heavy atom. The van der Waals surface area contributed by atoms with Crippen LogP contribution in [0.4, 0.5) is 4.39 Å². The topological polar surface area (TPSA) is 32.7 Å². The van der Waals surface area contributed by atoms with Crippen molar-refractivity contribution in [2.45, 2.75) is 20.4 Å². The van der Waals surface area contributed by atoms with Crippen molar-refractivity contribution in [3.8, 4) is 5.75 Å². The molecule has 1 N–H and O–H groups in total. The molecule has 0 heterocycles. The number of nitrogens with zero attached hydrogens (tertiary/aromatic N) is 1. The first-order valence-electron chi connectivity index (χ1n) is 6.21. The molecule has 0 radical (unpaired) electrons. The standard InChI is InChI=1S/C14H22FNO2/c1-11(2)9-16(6-7-18-3)10-12-8-13(15)4-5-14(12)17/h4-5,8,11,17H,6-7,9-10H2,1-3H3. The number of benzene rings is 1. The first-order valence-corrected chi connectivity index (χ1v) is 6.21. The molecule has 0 atom stereocenters. The zero-order chi connectivity index (χ0) is 13.5. The van der Waals surface area contributed by atoms with Crippen LogP contribution in [-0.4, -0.2) is 36.8 Å². The van der Waals surface area contributed by atoms with Gasteiger partial charge < -0.3 is 9.84 Å². The molecule has 0 aliphatic rings. The van der Waals surface area contributed by atoms with E-state index in [1.165, 1.54) is 18.2 Å². The van der Waals surface area contributed by atoms with E-state index in [1.54, 1.807) is 7.11 Å². The van der Waals surface area contributed by atoms with Gasteiger partial charge in [-0.3, -0.25) is 4.90 Å². The molecule has 0 aromatic heterocycles. The highest BCUT2D eigenvalue weighted by atomic mass is 19.1. The minimum absolute atomic E-state index is 0.141. The maximum atomic E-state index is 13.2. The van der Waals surface area contributed by atoms with Crippen LogP contribution in [0.3, 0.4) is 0 Å². The van der Waals surface area contributed by atoms with Crippen molar-refractivity contribution >= 4 is 0 Å². The summed E-state index contributed by atoms with van der Waals surface area (Å²) in [7, 11) is 1.66. The van der Waals surface area contributed by atoms with Crippen LogP contribution in [0, 0.1) is 11.7 Å². The Bertz CT molecular complexity index is 369. The summed E-state index contributed by atoms with van der Waals surface area (Å²) < 4.78 is 18.2. The van der Waals surface area contributed by atoms with Gasteiger partial charge in [0.05, 0.1) is 6.61 Å². The largest absolute Gasteiger partial charge is 0.508 e. The van der Waals surface area contributed by atoms with Crippen LogP contribution >= 0.6 is 0 Å². The Morgan fingerprint density at radius 3 is 2.72 bits per heavy atom. The quantitative estimate of drug-likeness (QED) is 0.813. The molecule has 18 heavy (non-hydrogen) atoms. The summed E-state index contributed by atoms with van der Waals surface area (Å²) in [5.74, 6) is 0.333. The molecule has 1 aromatic rings. The predicted octanol–water partition coefficient (Wildman–Crippen LogP) is 2.64. The van der Waals surface area contributed by atoms with E-state index in [0.717, 1.165) is 13.1 Å². The Balaban J connectivity index is 2.71. The molecule has 0 saturated carbocycles. The van der Waals surface area contributed by atoms with Crippen LogP contribution in [-0.2, 0) is 11.3 Å². The summed E-state index contributed by atoms with van der Waals surface area (Å²) in [6.45, 7) is 7.08. The molecular weight excluding hydrogens is 233 g/mol. The van der Waals surface area contributed by atoms with E-state index < -0.39 is 0 Å². The second-order valence-electron chi connectivity index (χ2n) is 4.89. The van der Waals surface area contributed by atoms with Crippen molar-refractivity contribution in [3.05, 3.63) is 29.6 Å². The van der Waals surface area contributed by atoms with E-state index in [2.05, 4.69) is 18.7 Å². The Labute approximate surface area is 108 Å². The molecular formula is C14H22FNO2. The molecule has 0 fully saturated rings. The monoisotopic (exact) mass is 255 g/mol. The van der Waals surface area contributed by atoms with Gasteiger partial charge in [0.15, 0.2) is 0 Å². The molecule has 4 heteroatoms. The SMILES string of the molecule is COCCN(Cc1cc(F)ccc1O)CC(C)C. The third-order valence-corrected chi connectivity index (χ3v) is 2.67. The van der Waals surface area contributed by atoms with Gasteiger partial charge in [-0.05, 0) is 24.1 Å². The van der Waals surface area contributed by atoms with E-state index in [0.29, 0.717) is 24.6 Å². The number of aromatic hydroxyl groups is 1. The number of phenolic OH excluding ortho intramolecular Hbond substituents is 1. The predicted molar refractivity (Wildman–Crippen MR) is 70.1 cm³/mol. The van der Waals surface area contributed by atoms with Crippen molar-refractivity contribution in [1.29, 1.82) is 0 Å². The van der Waals surface area contributed by atoms with E-state index >= 15 is 0 Å². The average molecular weight is 255 g/mol. The summed E-state index contributed by atoms with van der Waals surface area (Å²) in [6.07, 6.45) is 0. The summed E-state index contributed by atoms with van der Waals surface area (Å²) >= 11 is 0. The first-order chi connectivity index (χ1) is 8.52. The smallest absolute Gasteiger partial charge is 0.123 e. The number of hydrogen-bond donors (Lipinski definition) is 1. The normalized spacial score (nSPS) is 11.4. The Kier molecular flexibility index (Phi) is 6.09. The molecule has 1 aromatic carbocycles. The summed E-state index contributed by atoms with van der Waals surface area (Å²) in [6, 6.07) is 4.05. The van der Waals surface area contributed by atoms with Crippen molar-refractivity contribution in [2.75, 3.05) is 26.8 Å². The van der Waals surface area contributed by atoms with E-state index in [9.17, 15) is 9.50 Å². The van der Waals surface area contributed by atoms with Gasteiger partial charge >= 0.3 is 0 Å². The number of rotatable bonds is 7. The van der Waals surface area contributed by atoms with E-state index in [-0.39, 0.29) is 11.6 Å². The third kappa shape index (κ3) is 5.02. The molecule has 0 amide bonds. The van der Waals surface area contributed by atoms with Crippen molar-refractivity contribution < 1.29 is 14.2 Å². The van der Waals surface area contributed by atoms with Crippen LogP contribution in [0.25, 0.3) is 0 Å². The van der Waals surface area contributed by atoms with Gasteiger partial charge in [0.1, 0.15) is 11.6 Å². The molecule has 3 nitrogen and oxygen atoms in total. The van der Waals surface area contributed by atoms with Gasteiger partial charge in [0.2, 0.25) is 0 Å². The lowest BCUT2D eigenvalue weighted by Gasteiger charge is -2.24. The molecule has 0 unspecified atom stereocenters. The van der Waals surface area contributed by atoms with Crippen LogP contribution in [0.2, 0.25) is 0 Å². The highest BCUT2D eigenvalue weighted by Gasteiger charge is 2.11. The number of halogens is 1. The van der Waals surface area contributed by atoms with Crippen molar-refractivity contribution in [3.63, 3.8) is 0 Å². The van der Waals surface area contributed by atoms with Crippen molar-refractivity contribution in [1.82, 2.24) is 4.90 Å². The molecule has 0 aliphatic carbocycles. The zero-order valence-corrected chi connectivity index (χ0v) is 11.3. The van der Waals surface area contributed by atoms with Gasteiger partial charge in [-0.2, -0.15) is 0 Å². The highest BCUT2D eigenvalue weighted by molar-refractivity contribution is 5.32. The lowest BCUT2D eigenvalue weighted by molar-refractivity contribution is 0.135. The Morgan fingerprint density at radius 2 is 2.11 bits per heavy atom. The molecule has 0 aliphatic heterocycles. The van der Waals surface area contributed by atoms with Gasteiger partial charge in [-0.25, -0.2) is 4.39 Å². The van der Waals surface area contributed by atoms with Gasteiger partial charge in [0, 0.05) is 32.3 Å². The maximum absolute atomic E-state index is 13.2. The fraction of sp³-hybridized carbons (Fsp3) is 0.571. The van der Waals surface area contributed by atoms with Crippen LogP contribution in [0.15, 0.2) is 18.2 Å². The number of phenols is 1. The molecule has 102 valence electrons. The number of methoxy groups -OCH3 is 1. The maximum Gasteiger partial charge on any atom is 0.123 e. The first kappa shape index (κ1) is 14.9. The third-order valence-electron chi connectivity index (χ3n) is 2.67. The van der Waals surface area contributed by atoms with Gasteiger partial charge in [0.25, 0.3) is 0 Å². The second-order valence-corrected chi connectivity index (χ2v) is 4.89. The average Bonchev–Trinajstić information content (AvgIpc) is 2.30. The highest BCUT2D eigenvalue weighted by Crippen LogP contribution is 2.20. The minimum Gasteiger partial charge on any atom is -0.508 e. The minimum atomic E-state index is -0.320. The van der Waals surface area contributed by atoms with Crippen LogP contribution < -0.4 is 0 Å². The van der Waals surface area contributed by atoms with Crippen LogP contribution in [0.5, 0.6) is 5.75 Å². The molecule has 0 spiro atoms. The van der Waals surface area contributed by atoms with Gasteiger partial charge in [-0.15, -0.1) is 0 Å². The van der Waals surface area contributed by atoms with E-state index in [4.69, 9.17) is 4.74 Å². The molecule has 0 bridgehead atoms.